The molecule has 5 nitrogen and oxygen atoms in total. The van der Waals surface area contributed by atoms with Crippen molar-refractivity contribution in [2.45, 2.75) is 31.3 Å². The molecule has 2 amide bonds. The Morgan fingerprint density at radius 1 is 0.788 bits per heavy atom. The molecule has 170 valence electrons. The summed E-state index contributed by atoms with van der Waals surface area (Å²) in [5.74, 6) is -0.408. The number of rotatable bonds is 9. The van der Waals surface area contributed by atoms with Gasteiger partial charge in [-0.1, -0.05) is 78.9 Å². The fraction of sp³-hybridized carbons (Fsp3) is 0.286. The lowest BCUT2D eigenvalue weighted by atomic mass is 10.0. The molecule has 3 aromatic carbocycles. The van der Waals surface area contributed by atoms with E-state index in [-0.39, 0.29) is 17.9 Å². The molecule has 1 aliphatic rings. The number of nitrogens with one attached hydrogen (secondary N) is 2. The van der Waals surface area contributed by atoms with Crippen LogP contribution in [0.15, 0.2) is 91.0 Å². The van der Waals surface area contributed by atoms with Crippen LogP contribution >= 0.6 is 0 Å². The van der Waals surface area contributed by atoms with E-state index in [1.165, 1.54) is 18.4 Å². The number of likely N-dealkylation sites (tertiary alicyclic amines) is 1. The third kappa shape index (κ3) is 6.30. The first-order valence-corrected chi connectivity index (χ1v) is 11.7. The molecule has 2 unspecified atom stereocenters. The summed E-state index contributed by atoms with van der Waals surface area (Å²) in [6.45, 7) is 2.58. The SMILES string of the molecule is O=C(NC(Cc1ccccc1)C(=O)NCC(c1ccccc1)N1CCCC1)c1ccccc1. The van der Waals surface area contributed by atoms with Gasteiger partial charge in [0, 0.05) is 18.5 Å². The van der Waals surface area contributed by atoms with E-state index in [0.717, 1.165) is 18.7 Å². The van der Waals surface area contributed by atoms with Crippen molar-refractivity contribution in [1.82, 2.24) is 15.5 Å². The molecule has 3 aromatic rings. The van der Waals surface area contributed by atoms with E-state index >= 15 is 0 Å². The van der Waals surface area contributed by atoms with Crippen LogP contribution in [0.3, 0.4) is 0 Å². The number of hydrogen-bond acceptors (Lipinski definition) is 3. The Labute approximate surface area is 195 Å². The minimum atomic E-state index is -0.657. The van der Waals surface area contributed by atoms with E-state index in [4.69, 9.17) is 0 Å². The first-order chi connectivity index (χ1) is 16.2. The van der Waals surface area contributed by atoms with Crippen molar-refractivity contribution < 1.29 is 9.59 Å². The molecule has 2 N–H and O–H groups in total. The molecule has 5 heteroatoms. The standard InChI is InChI=1S/C28H31N3O2/c32-27(24-16-8-3-9-17-24)30-25(20-22-12-4-1-5-13-22)28(33)29-21-26(31-18-10-11-19-31)23-14-6-2-7-15-23/h1-9,12-17,25-26H,10-11,18-21H2,(H,29,33)(H,30,32). The van der Waals surface area contributed by atoms with E-state index in [2.05, 4.69) is 27.7 Å². The maximum atomic E-state index is 13.3. The second-order valence-electron chi connectivity index (χ2n) is 8.50. The lowest BCUT2D eigenvalue weighted by molar-refractivity contribution is -0.123. The minimum absolute atomic E-state index is 0.125. The van der Waals surface area contributed by atoms with Crippen LogP contribution in [-0.2, 0) is 11.2 Å². The average Bonchev–Trinajstić information content (AvgIpc) is 3.40. The molecule has 1 saturated heterocycles. The summed E-state index contributed by atoms with van der Waals surface area (Å²) in [7, 11) is 0. The zero-order valence-corrected chi connectivity index (χ0v) is 18.8. The van der Waals surface area contributed by atoms with Gasteiger partial charge in [0.2, 0.25) is 5.91 Å². The predicted molar refractivity (Wildman–Crippen MR) is 131 cm³/mol. The molecule has 0 saturated carbocycles. The maximum absolute atomic E-state index is 13.3. The highest BCUT2D eigenvalue weighted by molar-refractivity contribution is 5.97. The molecule has 0 spiro atoms. The Bertz CT molecular complexity index is 1020. The van der Waals surface area contributed by atoms with Crippen molar-refractivity contribution in [3.8, 4) is 0 Å². The molecular formula is C28H31N3O2. The fourth-order valence-electron chi connectivity index (χ4n) is 4.40. The Kier molecular flexibility index (Phi) is 7.88. The zero-order valence-electron chi connectivity index (χ0n) is 18.8. The molecule has 0 bridgehead atoms. The molecule has 1 aliphatic heterocycles. The summed E-state index contributed by atoms with van der Waals surface area (Å²) in [5, 5.41) is 6.09. The average molecular weight is 442 g/mol. The van der Waals surface area contributed by atoms with Gasteiger partial charge in [0.15, 0.2) is 0 Å². The van der Waals surface area contributed by atoms with Crippen LogP contribution in [0.4, 0.5) is 0 Å². The summed E-state index contributed by atoms with van der Waals surface area (Å²) >= 11 is 0. The van der Waals surface area contributed by atoms with Crippen molar-refractivity contribution in [2.75, 3.05) is 19.6 Å². The molecule has 0 aromatic heterocycles. The van der Waals surface area contributed by atoms with Gasteiger partial charge < -0.3 is 10.6 Å². The molecule has 1 heterocycles. The van der Waals surface area contributed by atoms with Gasteiger partial charge in [0.05, 0.1) is 6.04 Å². The molecule has 2 atom stereocenters. The number of nitrogens with zero attached hydrogens (tertiary/aromatic N) is 1. The molecule has 4 rings (SSSR count). The van der Waals surface area contributed by atoms with Gasteiger partial charge in [-0.25, -0.2) is 0 Å². The van der Waals surface area contributed by atoms with Crippen molar-refractivity contribution in [3.05, 3.63) is 108 Å². The normalized spacial score (nSPS) is 15.5. The van der Waals surface area contributed by atoms with Crippen LogP contribution in [0.2, 0.25) is 0 Å². The predicted octanol–water partition coefficient (Wildman–Crippen LogP) is 3.98. The lowest BCUT2D eigenvalue weighted by Gasteiger charge is -2.29. The Morgan fingerprint density at radius 3 is 2.00 bits per heavy atom. The number of hydrogen-bond donors (Lipinski definition) is 2. The van der Waals surface area contributed by atoms with Gasteiger partial charge in [-0.2, -0.15) is 0 Å². The van der Waals surface area contributed by atoms with Gasteiger partial charge in [-0.15, -0.1) is 0 Å². The number of carbonyl (C=O) groups excluding carboxylic acids is 2. The van der Waals surface area contributed by atoms with Crippen LogP contribution in [0.25, 0.3) is 0 Å². The largest absolute Gasteiger partial charge is 0.352 e. The van der Waals surface area contributed by atoms with Crippen molar-refractivity contribution >= 4 is 11.8 Å². The minimum Gasteiger partial charge on any atom is -0.352 e. The molecular weight excluding hydrogens is 410 g/mol. The first kappa shape index (κ1) is 22.7. The van der Waals surface area contributed by atoms with Crippen LogP contribution in [-0.4, -0.2) is 42.4 Å². The van der Waals surface area contributed by atoms with E-state index in [1.54, 1.807) is 12.1 Å². The maximum Gasteiger partial charge on any atom is 0.251 e. The van der Waals surface area contributed by atoms with Crippen LogP contribution in [0.5, 0.6) is 0 Å². The smallest absolute Gasteiger partial charge is 0.251 e. The zero-order chi connectivity index (χ0) is 22.9. The number of benzene rings is 3. The molecule has 0 radical (unpaired) electrons. The molecule has 33 heavy (non-hydrogen) atoms. The van der Waals surface area contributed by atoms with Gasteiger partial charge in [-0.3, -0.25) is 14.5 Å². The third-order valence-electron chi connectivity index (χ3n) is 6.18. The number of amides is 2. The van der Waals surface area contributed by atoms with E-state index in [0.29, 0.717) is 18.5 Å². The van der Waals surface area contributed by atoms with Crippen molar-refractivity contribution in [3.63, 3.8) is 0 Å². The third-order valence-corrected chi connectivity index (χ3v) is 6.18. The molecule has 0 aliphatic carbocycles. The van der Waals surface area contributed by atoms with Crippen molar-refractivity contribution in [2.24, 2.45) is 0 Å². The van der Waals surface area contributed by atoms with E-state index in [9.17, 15) is 9.59 Å². The van der Waals surface area contributed by atoms with Gasteiger partial charge in [0.1, 0.15) is 6.04 Å². The topological polar surface area (TPSA) is 61.4 Å². The van der Waals surface area contributed by atoms with Gasteiger partial charge in [-0.05, 0) is 49.2 Å². The second kappa shape index (κ2) is 11.4. The lowest BCUT2D eigenvalue weighted by Crippen LogP contribution is -2.49. The summed E-state index contributed by atoms with van der Waals surface area (Å²) in [6.07, 6.45) is 2.80. The van der Waals surface area contributed by atoms with Crippen LogP contribution in [0, 0.1) is 0 Å². The monoisotopic (exact) mass is 441 g/mol. The quantitative estimate of drug-likeness (QED) is 0.528. The Hall–Kier alpha value is -3.44. The van der Waals surface area contributed by atoms with Crippen LogP contribution < -0.4 is 10.6 Å². The Morgan fingerprint density at radius 2 is 1.36 bits per heavy atom. The van der Waals surface area contributed by atoms with Gasteiger partial charge in [0.25, 0.3) is 5.91 Å². The fourth-order valence-corrected chi connectivity index (χ4v) is 4.40. The number of carbonyl (C=O) groups is 2. The summed E-state index contributed by atoms with van der Waals surface area (Å²) in [4.78, 5) is 28.6. The van der Waals surface area contributed by atoms with Crippen LogP contribution in [0.1, 0.15) is 40.4 Å². The summed E-state index contributed by atoms with van der Waals surface area (Å²) in [5.41, 5.74) is 2.75. The highest BCUT2D eigenvalue weighted by Crippen LogP contribution is 2.24. The highest BCUT2D eigenvalue weighted by atomic mass is 16.2. The first-order valence-electron chi connectivity index (χ1n) is 11.7. The second-order valence-corrected chi connectivity index (χ2v) is 8.50. The molecule has 1 fully saturated rings. The van der Waals surface area contributed by atoms with Gasteiger partial charge >= 0.3 is 0 Å². The Balaban J connectivity index is 1.48. The van der Waals surface area contributed by atoms with Crippen molar-refractivity contribution in [1.29, 1.82) is 0 Å². The van der Waals surface area contributed by atoms with E-state index < -0.39 is 6.04 Å². The van der Waals surface area contributed by atoms with E-state index in [1.807, 2.05) is 66.7 Å². The highest BCUT2D eigenvalue weighted by Gasteiger charge is 2.26. The summed E-state index contributed by atoms with van der Waals surface area (Å²) in [6, 6.07) is 28.6. The summed E-state index contributed by atoms with van der Waals surface area (Å²) < 4.78 is 0.